The van der Waals surface area contributed by atoms with E-state index in [0.717, 1.165) is 24.1 Å². The molecule has 0 saturated heterocycles. The van der Waals surface area contributed by atoms with Gasteiger partial charge in [0.05, 0.1) is 4.90 Å². The zero-order chi connectivity index (χ0) is 15.0. The van der Waals surface area contributed by atoms with Crippen molar-refractivity contribution in [3.8, 4) is 0 Å². The van der Waals surface area contributed by atoms with Gasteiger partial charge >= 0.3 is 0 Å². The van der Waals surface area contributed by atoms with Crippen LogP contribution in [0.15, 0.2) is 41.4 Å². The van der Waals surface area contributed by atoms with Crippen molar-refractivity contribution in [3.63, 3.8) is 0 Å². The third-order valence-electron chi connectivity index (χ3n) is 3.13. The van der Waals surface area contributed by atoms with Crippen LogP contribution in [0.5, 0.6) is 0 Å². The summed E-state index contributed by atoms with van der Waals surface area (Å²) in [6, 6.07) is 6.57. The summed E-state index contributed by atoms with van der Waals surface area (Å²) in [6.45, 7) is 6.84. The molecule has 4 nitrogen and oxygen atoms in total. The van der Waals surface area contributed by atoms with Crippen LogP contribution in [0, 0.1) is 0 Å². The van der Waals surface area contributed by atoms with E-state index in [4.69, 9.17) is 5.14 Å². The van der Waals surface area contributed by atoms with Crippen LogP contribution >= 0.6 is 0 Å². The molecule has 1 aromatic rings. The molecule has 0 unspecified atom stereocenters. The van der Waals surface area contributed by atoms with E-state index < -0.39 is 10.0 Å². The second kappa shape index (κ2) is 8.07. The summed E-state index contributed by atoms with van der Waals surface area (Å²) in [6.07, 6.45) is 5.87. The SMILES string of the molecule is C=C(CCCCCC)NCc1ccc(S(N)(=O)=O)cc1. The van der Waals surface area contributed by atoms with E-state index in [1.165, 1.54) is 31.4 Å². The fourth-order valence-corrected chi connectivity index (χ4v) is 2.39. The van der Waals surface area contributed by atoms with Crippen molar-refractivity contribution in [1.29, 1.82) is 0 Å². The number of benzene rings is 1. The Hall–Kier alpha value is -1.33. The monoisotopic (exact) mass is 296 g/mol. The largest absolute Gasteiger partial charge is 0.385 e. The molecule has 0 amide bonds. The van der Waals surface area contributed by atoms with Gasteiger partial charge in [0.1, 0.15) is 0 Å². The van der Waals surface area contributed by atoms with Crippen molar-refractivity contribution >= 4 is 10.0 Å². The molecule has 0 atom stereocenters. The second-order valence-corrected chi connectivity index (χ2v) is 6.52. The lowest BCUT2D eigenvalue weighted by molar-refractivity contribution is 0.597. The zero-order valence-corrected chi connectivity index (χ0v) is 12.9. The summed E-state index contributed by atoms with van der Waals surface area (Å²) < 4.78 is 22.3. The highest BCUT2D eigenvalue weighted by molar-refractivity contribution is 7.89. The molecule has 0 fully saturated rings. The summed E-state index contributed by atoms with van der Waals surface area (Å²) in [5.74, 6) is 0. The zero-order valence-electron chi connectivity index (χ0n) is 12.1. The summed E-state index contributed by atoms with van der Waals surface area (Å²) in [5, 5.41) is 8.31. The van der Waals surface area contributed by atoms with Crippen molar-refractivity contribution in [2.75, 3.05) is 0 Å². The minimum absolute atomic E-state index is 0.139. The highest BCUT2D eigenvalue weighted by Crippen LogP contribution is 2.10. The summed E-state index contributed by atoms with van der Waals surface area (Å²) >= 11 is 0. The molecule has 0 radical (unpaired) electrons. The number of rotatable bonds is 9. The quantitative estimate of drug-likeness (QED) is 0.688. The van der Waals surface area contributed by atoms with Crippen LogP contribution in [-0.2, 0) is 16.6 Å². The summed E-state index contributed by atoms with van der Waals surface area (Å²) in [4.78, 5) is 0.139. The maximum Gasteiger partial charge on any atom is 0.238 e. The van der Waals surface area contributed by atoms with Gasteiger partial charge in [-0.3, -0.25) is 0 Å². The van der Waals surface area contributed by atoms with Gasteiger partial charge in [-0.15, -0.1) is 0 Å². The van der Waals surface area contributed by atoms with E-state index in [1.54, 1.807) is 12.1 Å². The first-order valence-electron chi connectivity index (χ1n) is 6.97. The predicted octanol–water partition coefficient (Wildman–Crippen LogP) is 2.91. The van der Waals surface area contributed by atoms with Gasteiger partial charge in [-0.05, 0) is 30.5 Å². The molecule has 5 heteroatoms. The molecule has 20 heavy (non-hydrogen) atoms. The second-order valence-electron chi connectivity index (χ2n) is 4.96. The van der Waals surface area contributed by atoms with Crippen LogP contribution in [0.25, 0.3) is 0 Å². The Kier molecular flexibility index (Phi) is 6.75. The standard InChI is InChI=1S/C15H24N2O2S/c1-3-4-5-6-7-13(2)17-12-14-8-10-15(11-9-14)20(16,18)19/h8-11,17H,2-7,12H2,1H3,(H2,16,18,19). The van der Waals surface area contributed by atoms with E-state index >= 15 is 0 Å². The average molecular weight is 296 g/mol. The van der Waals surface area contributed by atoms with E-state index in [0.29, 0.717) is 6.54 Å². The molecular formula is C15H24N2O2S. The lowest BCUT2D eigenvalue weighted by atomic mass is 10.1. The molecule has 0 spiro atoms. The lowest BCUT2D eigenvalue weighted by Gasteiger charge is -2.10. The Labute approximate surface area is 122 Å². The van der Waals surface area contributed by atoms with Gasteiger partial charge in [0.25, 0.3) is 0 Å². The maximum atomic E-state index is 11.1. The lowest BCUT2D eigenvalue weighted by Crippen LogP contribution is -2.14. The molecule has 0 heterocycles. The van der Waals surface area contributed by atoms with Crippen molar-refractivity contribution in [2.45, 2.75) is 50.5 Å². The molecule has 0 aliphatic heterocycles. The van der Waals surface area contributed by atoms with Crippen molar-refractivity contribution in [3.05, 3.63) is 42.1 Å². The third-order valence-corrected chi connectivity index (χ3v) is 4.06. The predicted molar refractivity (Wildman–Crippen MR) is 82.6 cm³/mol. The highest BCUT2D eigenvalue weighted by Gasteiger charge is 2.06. The first-order valence-corrected chi connectivity index (χ1v) is 8.51. The Bertz CT molecular complexity index is 521. The van der Waals surface area contributed by atoms with Crippen molar-refractivity contribution in [2.24, 2.45) is 5.14 Å². The Morgan fingerprint density at radius 2 is 1.85 bits per heavy atom. The van der Waals surface area contributed by atoms with E-state index in [-0.39, 0.29) is 4.90 Å². The molecule has 0 aliphatic rings. The summed E-state index contributed by atoms with van der Waals surface area (Å²) in [7, 11) is -3.61. The molecule has 112 valence electrons. The number of allylic oxidation sites excluding steroid dienone is 1. The van der Waals surface area contributed by atoms with Crippen LogP contribution in [0.2, 0.25) is 0 Å². The van der Waals surface area contributed by atoms with Crippen LogP contribution < -0.4 is 10.5 Å². The number of unbranched alkanes of at least 4 members (excludes halogenated alkanes) is 3. The van der Waals surface area contributed by atoms with Gasteiger partial charge < -0.3 is 5.32 Å². The van der Waals surface area contributed by atoms with Crippen LogP contribution in [0.1, 0.15) is 44.6 Å². The molecule has 1 aromatic carbocycles. The molecule has 3 N–H and O–H groups in total. The number of sulfonamides is 1. The van der Waals surface area contributed by atoms with Gasteiger partial charge in [-0.2, -0.15) is 0 Å². The number of primary sulfonamides is 1. The number of hydrogen-bond acceptors (Lipinski definition) is 3. The van der Waals surface area contributed by atoms with Gasteiger partial charge in [-0.25, -0.2) is 13.6 Å². The Morgan fingerprint density at radius 3 is 2.40 bits per heavy atom. The average Bonchev–Trinajstić information content (AvgIpc) is 2.41. The Balaban J connectivity index is 2.37. The van der Waals surface area contributed by atoms with Gasteiger partial charge in [0, 0.05) is 12.2 Å². The van der Waals surface area contributed by atoms with Crippen molar-refractivity contribution in [1.82, 2.24) is 5.32 Å². The van der Waals surface area contributed by atoms with Crippen molar-refractivity contribution < 1.29 is 8.42 Å². The molecule has 0 aliphatic carbocycles. The molecule has 0 saturated carbocycles. The Morgan fingerprint density at radius 1 is 1.20 bits per heavy atom. The van der Waals surface area contributed by atoms with E-state index in [1.807, 2.05) is 0 Å². The normalized spacial score (nSPS) is 11.3. The molecule has 0 bridgehead atoms. The first kappa shape index (κ1) is 16.7. The smallest absolute Gasteiger partial charge is 0.238 e. The minimum atomic E-state index is -3.61. The number of nitrogens with two attached hydrogens (primary N) is 1. The van der Waals surface area contributed by atoms with E-state index in [9.17, 15) is 8.42 Å². The van der Waals surface area contributed by atoms with Crippen LogP contribution in [0.4, 0.5) is 0 Å². The van der Waals surface area contributed by atoms with Gasteiger partial charge in [0.15, 0.2) is 0 Å². The van der Waals surface area contributed by atoms with Crippen LogP contribution in [0.3, 0.4) is 0 Å². The third kappa shape index (κ3) is 6.21. The minimum Gasteiger partial charge on any atom is -0.385 e. The maximum absolute atomic E-state index is 11.1. The summed E-state index contributed by atoms with van der Waals surface area (Å²) in [5.41, 5.74) is 2.03. The topological polar surface area (TPSA) is 72.2 Å². The molecular weight excluding hydrogens is 272 g/mol. The first-order chi connectivity index (χ1) is 9.43. The van der Waals surface area contributed by atoms with Gasteiger partial charge in [-0.1, -0.05) is 44.9 Å². The fraction of sp³-hybridized carbons (Fsp3) is 0.467. The fourth-order valence-electron chi connectivity index (χ4n) is 1.88. The number of hydrogen-bond donors (Lipinski definition) is 2. The van der Waals surface area contributed by atoms with E-state index in [2.05, 4.69) is 18.8 Å². The van der Waals surface area contributed by atoms with Gasteiger partial charge in [0.2, 0.25) is 10.0 Å². The highest BCUT2D eigenvalue weighted by atomic mass is 32.2. The molecule has 0 aromatic heterocycles. The number of nitrogens with one attached hydrogen (secondary N) is 1. The van der Waals surface area contributed by atoms with Crippen LogP contribution in [-0.4, -0.2) is 8.42 Å². The molecule has 1 rings (SSSR count).